The van der Waals surface area contributed by atoms with Crippen molar-refractivity contribution < 1.29 is 9.53 Å². The van der Waals surface area contributed by atoms with Crippen LogP contribution in [-0.2, 0) is 11.3 Å². The van der Waals surface area contributed by atoms with Gasteiger partial charge >= 0.3 is 5.97 Å². The number of hydrogen-bond donors (Lipinski definition) is 1. The quantitative estimate of drug-likeness (QED) is 0.821. The molecule has 4 nitrogen and oxygen atoms in total. The Morgan fingerprint density at radius 1 is 1.38 bits per heavy atom. The van der Waals surface area contributed by atoms with Crippen molar-refractivity contribution in [2.75, 3.05) is 25.9 Å². The highest BCUT2D eigenvalue weighted by atomic mass is 32.1. The second-order valence-electron chi connectivity index (χ2n) is 6.75. The lowest BCUT2D eigenvalue weighted by Gasteiger charge is -2.34. The van der Waals surface area contributed by atoms with Gasteiger partial charge in [-0.05, 0) is 29.7 Å². The fourth-order valence-corrected chi connectivity index (χ4v) is 5.70. The summed E-state index contributed by atoms with van der Waals surface area (Å²) < 4.78 is 4.97. The molecule has 0 saturated carbocycles. The number of rotatable bonds is 4. The molecule has 3 heterocycles. The Balaban J connectivity index is 1.97. The number of carbonyl (C=O) groups excluding carboxylic acids is 1. The van der Waals surface area contributed by atoms with Gasteiger partial charge in [-0.2, -0.15) is 0 Å². The molecule has 2 aromatic rings. The molecule has 2 atom stereocenters. The van der Waals surface area contributed by atoms with Crippen molar-refractivity contribution in [1.82, 2.24) is 4.90 Å². The Kier molecular flexibility index (Phi) is 5.27. The Morgan fingerprint density at radius 3 is 2.67 bits per heavy atom. The topological polar surface area (TPSA) is 55.6 Å². The molecule has 24 heavy (non-hydrogen) atoms. The smallest absolute Gasteiger partial charge is 0.341 e. The number of carbonyl (C=O) groups is 1. The van der Waals surface area contributed by atoms with E-state index in [-0.39, 0.29) is 5.97 Å². The SMILES string of the molecule is COC(=O)c1c(N)sc(CN2CC(C)CC(C)C2)c1-c1cccs1. The standard InChI is InChI=1S/C18H24N2O2S2/c1-11-7-12(2)9-20(8-11)10-14-15(13-5-4-6-23-13)16(17(19)24-14)18(21)22-3/h4-6,11-12H,7-10,19H2,1-3H3. The van der Waals surface area contributed by atoms with E-state index in [0.717, 1.165) is 35.0 Å². The average Bonchev–Trinajstić information content (AvgIpc) is 3.13. The molecule has 2 N–H and O–H groups in total. The molecule has 0 aliphatic carbocycles. The predicted molar refractivity (Wildman–Crippen MR) is 102 cm³/mol. The average molecular weight is 365 g/mol. The van der Waals surface area contributed by atoms with E-state index < -0.39 is 0 Å². The monoisotopic (exact) mass is 364 g/mol. The molecule has 2 unspecified atom stereocenters. The third-order valence-corrected chi connectivity index (χ3v) is 6.37. The van der Waals surface area contributed by atoms with Crippen LogP contribution in [0.1, 0.15) is 35.5 Å². The van der Waals surface area contributed by atoms with Gasteiger partial charge in [0.2, 0.25) is 0 Å². The van der Waals surface area contributed by atoms with Gasteiger partial charge in [0, 0.05) is 35.0 Å². The summed E-state index contributed by atoms with van der Waals surface area (Å²) in [6.07, 6.45) is 1.29. The highest BCUT2D eigenvalue weighted by Gasteiger charge is 2.28. The highest BCUT2D eigenvalue weighted by Crippen LogP contribution is 2.42. The molecule has 6 heteroatoms. The number of methoxy groups -OCH3 is 1. The number of piperidine rings is 1. The molecule has 1 saturated heterocycles. The van der Waals surface area contributed by atoms with E-state index in [4.69, 9.17) is 10.5 Å². The molecule has 2 aromatic heterocycles. The molecule has 0 bridgehead atoms. The lowest BCUT2D eigenvalue weighted by Crippen LogP contribution is -2.38. The zero-order valence-corrected chi connectivity index (χ0v) is 16.0. The highest BCUT2D eigenvalue weighted by molar-refractivity contribution is 7.18. The summed E-state index contributed by atoms with van der Waals surface area (Å²) in [7, 11) is 1.41. The van der Waals surface area contributed by atoms with E-state index in [1.165, 1.54) is 24.9 Å². The van der Waals surface area contributed by atoms with Crippen molar-refractivity contribution in [2.24, 2.45) is 11.8 Å². The summed E-state index contributed by atoms with van der Waals surface area (Å²) in [6, 6.07) is 4.05. The number of hydrogen-bond acceptors (Lipinski definition) is 6. The fourth-order valence-electron chi connectivity index (χ4n) is 3.72. The number of anilines is 1. The van der Waals surface area contributed by atoms with Crippen LogP contribution >= 0.6 is 22.7 Å². The number of nitrogens with two attached hydrogens (primary N) is 1. The lowest BCUT2D eigenvalue weighted by molar-refractivity contribution is 0.0603. The summed E-state index contributed by atoms with van der Waals surface area (Å²) in [5, 5.41) is 2.58. The van der Waals surface area contributed by atoms with Crippen LogP contribution in [0, 0.1) is 11.8 Å². The number of likely N-dealkylation sites (tertiary alicyclic amines) is 1. The summed E-state index contributed by atoms with van der Waals surface area (Å²) >= 11 is 3.15. The Morgan fingerprint density at radius 2 is 2.08 bits per heavy atom. The molecule has 1 fully saturated rings. The van der Waals surface area contributed by atoms with Gasteiger partial charge in [0.1, 0.15) is 10.6 Å². The third kappa shape index (κ3) is 3.50. The van der Waals surface area contributed by atoms with E-state index in [1.54, 1.807) is 11.3 Å². The largest absolute Gasteiger partial charge is 0.465 e. The Labute approximate surface area is 151 Å². The lowest BCUT2D eigenvalue weighted by atomic mass is 9.92. The first-order valence-corrected chi connectivity index (χ1v) is 9.94. The maximum atomic E-state index is 12.3. The molecule has 0 amide bonds. The minimum absolute atomic E-state index is 0.348. The normalized spacial score (nSPS) is 21.8. The van der Waals surface area contributed by atoms with Crippen molar-refractivity contribution in [3.8, 4) is 10.4 Å². The summed E-state index contributed by atoms with van der Waals surface area (Å²) in [5.74, 6) is 1.06. The second kappa shape index (κ2) is 7.25. The second-order valence-corrected chi connectivity index (χ2v) is 8.83. The van der Waals surface area contributed by atoms with Crippen LogP contribution in [0.2, 0.25) is 0 Å². The van der Waals surface area contributed by atoms with Crippen LogP contribution in [0.15, 0.2) is 17.5 Å². The van der Waals surface area contributed by atoms with Gasteiger partial charge in [-0.25, -0.2) is 4.79 Å². The zero-order valence-electron chi connectivity index (χ0n) is 14.4. The molecule has 130 valence electrons. The van der Waals surface area contributed by atoms with E-state index in [0.29, 0.717) is 22.4 Å². The van der Waals surface area contributed by atoms with Crippen LogP contribution < -0.4 is 5.73 Å². The van der Waals surface area contributed by atoms with Gasteiger partial charge in [-0.15, -0.1) is 22.7 Å². The summed E-state index contributed by atoms with van der Waals surface area (Å²) in [4.78, 5) is 17.0. The molecular formula is C18H24N2O2S2. The van der Waals surface area contributed by atoms with Crippen molar-refractivity contribution in [1.29, 1.82) is 0 Å². The van der Waals surface area contributed by atoms with Crippen LogP contribution in [0.25, 0.3) is 10.4 Å². The predicted octanol–water partition coefficient (Wildman–Crippen LogP) is 4.32. The third-order valence-electron chi connectivity index (χ3n) is 4.48. The van der Waals surface area contributed by atoms with Gasteiger partial charge < -0.3 is 10.5 Å². The number of esters is 1. The maximum Gasteiger partial charge on any atom is 0.341 e. The van der Waals surface area contributed by atoms with E-state index in [1.807, 2.05) is 17.5 Å². The van der Waals surface area contributed by atoms with Gasteiger partial charge in [-0.3, -0.25) is 4.90 Å². The van der Waals surface area contributed by atoms with Gasteiger partial charge in [0.15, 0.2) is 0 Å². The first kappa shape index (κ1) is 17.5. The van der Waals surface area contributed by atoms with Crippen molar-refractivity contribution in [3.05, 3.63) is 28.0 Å². The summed E-state index contributed by atoms with van der Waals surface area (Å²) in [6.45, 7) is 7.66. The number of ether oxygens (including phenoxy) is 1. The van der Waals surface area contributed by atoms with Crippen LogP contribution in [0.3, 0.4) is 0 Å². The van der Waals surface area contributed by atoms with Crippen molar-refractivity contribution in [3.63, 3.8) is 0 Å². The number of nitrogen functional groups attached to an aromatic ring is 1. The van der Waals surface area contributed by atoms with Crippen LogP contribution in [0.5, 0.6) is 0 Å². The van der Waals surface area contributed by atoms with Crippen molar-refractivity contribution in [2.45, 2.75) is 26.8 Å². The molecule has 1 aliphatic heterocycles. The van der Waals surface area contributed by atoms with Crippen LogP contribution in [0.4, 0.5) is 5.00 Å². The van der Waals surface area contributed by atoms with E-state index >= 15 is 0 Å². The first-order chi connectivity index (χ1) is 11.5. The molecule has 0 spiro atoms. The first-order valence-electron chi connectivity index (χ1n) is 8.25. The van der Waals surface area contributed by atoms with Crippen LogP contribution in [-0.4, -0.2) is 31.1 Å². The fraction of sp³-hybridized carbons (Fsp3) is 0.500. The van der Waals surface area contributed by atoms with E-state index in [9.17, 15) is 4.79 Å². The van der Waals surface area contributed by atoms with Gasteiger partial charge in [0.05, 0.1) is 7.11 Å². The molecule has 0 radical (unpaired) electrons. The number of nitrogens with zero attached hydrogens (tertiary/aromatic N) is 1. The molecule has 1 aliphatic rings. The zero-order chi connectivity index (χ0) is 17.3. The van der Waals surface area contributed by atoms with Crippen molar-refractivity contribution >= 4 is 33.6 Å². The number of thiophene rings is 2. The molecule has 3 rings (SSSR count). The summed E-state index contributed by atoms with van der Waals surface area (Å²) in [5.41, 5.74) is 7.68. The Hall–Kier alpha value is -1.37. The van der Waals surface area contributed by atoms with Gasteiger partial charge in [-0.1, -0.05) is 19.9 Å². The van der Waals surface area contributed by atoms with E-state index in [2.05, 4.69) is 18.7 Å². The molecular weight excluding hydrogens is 340 g/mol. The minimum Gasteiger partial charge on any atom is -0.465 e. The minimum atomic E-state index is -0.348. The Bertz CT molecular complexity index is 699. The maximum absolute atomic E-state index is 12.3. The van der Waals surface area contributed by atoms with Gasteiger partial charge in [0.25, 0.3) is 0 Å². The molecule has 0 aromatic carbocycles.